The largest absolute Gasteiger partial charge is 0.497 e. The van der Waals surface area contributed by atoms with Crippen molar-refractivity contribution in [2.75, 3.05) is 40.0 Å². The Balaban J connectivity index is 2.31. The van der Waals surface area contributed by atoms with Gasteiger partial charge in [-0.2, -0.15) is 13.2 Å². The SMILES string of the molecule is CCNC(=NCCCOCC(F)(F)F)NCCC(C)c1ccc(OC)cc1. The highest BCUT2D eigenvalue weighted by molar-refractivity contribution is 5.79. The number of hydrogen-bond acceptors (Lipinski definition) is 3. The number of ether oxygens (including phenoxy) is 2. The lowest BCUT2D eigenvalue weighted by Crippen LogP contribution is -2.38. The van der Waals surface area contributed by atoms with E-state index < -0.39 is 12.8 Å². The zero-order valence-corrected chi connectivity index (χ0v) is 16.2. The fraction of sp³-hybridized carbons (Fsp3) is 0.632. The first-order valence-corrected chi connectivity index (χ1v) is 9.16. The predicted octanol–water partition coefficient (Wildman–Crippen LogP) is 3.71. The van der Waals surface area contributed by atoms with Crippen LogP contribution in [0, 0.1) is 0 Å². The Hall–Kier alpha value is -1.96. The van der Waals surface area contributed by atoms with Crippen LogP contribution in [0.15, 0.2) is 29.3 Å². The molecule has 1 rings (SSSR count). The number of guanidine groups is 1. The van der Waals surface area contributed by atoms with Gasteiger partial charge in [0.15, 0.2) is 5.96 Å². The molecule has 0 bridgehead atoms. The van der Waals surface area contributed by atoms with Gasteiger partial charge in [-0.15, -0.1) is 0 Å². The van der Waals surface area contributed by atoms with Crippen LogP contribution >= 0.6 is 0 Å². The molecule has 2 N–H and O–H groups in total. The van der Waals surface area contributed by atoms with Crippen LogP contribution in [0.5, 0.6) is 5.75 Å². The van der Waals surface area contributed by atoms with E-state index in [9.17, 15) is 13.2 Å². The van der Waals surface area contributed by atoms with E-state index in [4.69, 9.17) is 4.74 Å². The summed E-state index contributed by atoms with van der Waals surface area (Å²) in [5.41, 5.74) is 1.24. The van der Waals surface area contributed by atoms with E-state index >= 15 is 0 Å². The molecule has 0 aromatic heterocycles. The zero-order chi connectivity index (χ0) is 20.1. The van der Waals surface area contributed by atoms with Gasteiger partial charge in [0.2, 0.25) is 0 Å². The van der Waals surface area contributed by atoms with Gasteiger partial charge in [-0.25, -0.2) is 0 Å². The number of nitrogens with one attached hydrogen (secondary N) is 2. The van der Waals surface area contributed by atoms with E-state index in [0.717, 1.165) is 18.7 Å². The van der Waals surface area contributed by atoms with Gasteiger partial charge in [-0.1, -0.05) is 19.1 Å². The summed E-state index contributed by atoms with van der Waals surface area (Å²) >= 11 is 0. The van der Waals surface area contributed by atoms with Gasteiger partial charge in [-0.3, -0.25) is 4.99 Å². The standard InChI is InChI=1S/C19H30F3N3O2/c1-4-23-18(24-11-5-13-27-14-19(20,21)22)25-12-10-15(2)16-6-8-17(26-3)9-7-16/h6-9,15H,4-5,10-14H2,1-3H3,(H2,23,24,25). The van der Waals surface area contributed by atoms with Crippen LogP contribution < -0.4 is 15.4 Å². The van der Waals surface area contributed by atoms with Gasteiger partial charge >= 0.3 is 6.18 Å². The molecule has 154 valence electrons. The van der Waals surface area contributed by atoms with Crippen molar-refractivity contribution in [3.05, 3.63) is 29.8 Å². The Labute approximate surface area is 159 Å². The summed E-state index contributed by atoms with van der Waals surface area (Å²) in [7, 11) is 1.65. The van der Waals surface area contributed by atoms with Crippen molar-refractivity contribution >= 4 is 5.96 Å². The lowest BCUT2D eigenvalue weighted by molar-refractivity contribution is -0.173. The van der Waals surface area contributed by atoms with Gasteiger partial charge in [0.05, 0.1) is 7.11 Å². The molecule has 0 radical (unpaired) electrons. The van der Waals surface area contributed by atoms with E-state index in [-0.39, 0.29) is 6.61 Å². The second kappa shape index (κ2) is 12.4. The molecule has 0 heterocycles. The van der Waals surface area contributed by atoms with Crippen LogP contribution in [0.25, 0.3) is 0 Å². The molecule has 1 aromatic carbocycles. The second-order valence-electron chi connectivity index (χ2n) is 6.17. The van der Waals surface area contributed by atoms with Crippen molar-refractivity contribution in [3.63, 3.8) is 0 Å². The third-order valence-electron chi connectivity index (χ3n) is 3.88. The van der Waals surface area contributed by atoms with Crippen LogP contribution in [-0.2, 0) is 4.74 Å². The fourth-order valence-electron chi connectivity index (χ4n) is 2.39. The molecule has 27 heavy (non-hydrogen) atoms. The van der Waals surface area contributed by atoms with Crippen molar-refractivity contribution in [1.82, 2.24) is 10.6 Å². The third kappa shape index (κ3) is 10.7. The van der Waals surface area contributed by atoms with Gasteiger partial charge in [0.25, 0.3) is 0 Å². The lowest BCUT2D eigenvalue weighted by atomic mass is 9.98. The molecule has 0 spiro atoms. The van der Waals surface area contributed by atoms with Gasteiger partial charge in [-0.05, 0) is 43.4 Å². The molecule has 0 saturated carbocycles. The quantitative estimate of drug-likeness (QED) is 0.344. The molecule has 0 aliphatic heterocycles. The number of rotatable bonds is 11. The molecular formula is C19H30F3N3O2. The minimum atomic E-state index is -4.28. The first-order valence-electron chi connectivity index (χ1n) is 9.16. The smallest absolute Gasteiger partial charge is 0.411 e. The highest BCUT2D eigenvalue weighted by Gasteiger charge is 2.27. The zero-order valence-electron chi connectivity index (χ0n) is 16.2. The molecule has 0 aliphatic rings. The van der Waals surface area contributed by atoms with Gasteiger partial charge in [0.1, 0.15) is 12.4 Å². The van der Waals surface area contributed by atoms with Crippen LogP contribution in [0.2, 0.25) is 0 Å². The molecule has 5 nitrogen and oxygen atoms in total. The summed E-state index contributed by atoms with van der Waals surface area (Å²) in [6, 6.07) is 8.02. The summed E-state index contributed by atoms with van der Waals surface area (Å²) in [5, 5.41) is 6.38. The van der Waals surface area contributed by atoms with Crippen LogP contribution in [0.1, 0.15) is 38.2 Å². The summed E-state index contributed by atoms with van der Waals surface area (Å²) < 4.78 is 45.7. The van der Waals surface area contributed by atoms with Gasteiger partial charge < -0.3 is 20.1 Å². The summed E-state index contributed by atoms with van der Waals surface area (Å²) in [5.74, 6) is 1.88. The highest BCUT2D eigenvalue weighted by atomic mass is 19.4. The Morgan fingerprint density at radius 3 is 2.48 bits per heavy atom. The van der Waals surface area contributed by atoms with E-state index in [0.29, 0.717) is 31.4 Å². The summed E-state index contributed by atoms with van der Waals surface area (Å²) in [4.78, 5) is 4.36. The minimum Gasteiger partial charge on any atom is -0.497 e. The van der Waals surface area contributed by atoms with Gasteiger partial charge in [0, 0.05) is 26.2 Å². The van der Waals surface area contributed by atoms with Crippen molar-refractivity contribution in [2.45, 2.75) is 38.8 Å². The Morgan fingerprint density at radius 1 is 1.19 bits per heavy atom. The summed E-state index contributed by atoms with van der Waals surface area (Å²) in [6.07, 6.45) is -2.92. The van der Waals surface area contributed by atoms with E-state index in [1.54, 1.807) is 7.11 Å². The second-order valence-corrected chi connectivity index (χ2v) is 6.17. The molecule has 0 aliphatic carbocycles. The first-order chi connectivity index (χ1) is 12.9. The van der Waals surface area contributed by atoms with Crippen molar-refractivity contribution in [3.8, 4) is 5.75 Å². The number of methoxy groups -OCH3 is 1. The molecule has 1 aromatic rings. The Morgan fingerprint density at radius 2 is 1.89 bits per heavy atom. The average molecular weight is 389 g/mol. The number of benzene rings is 1. The van der Waals surface area contributed by atoms with Crippen LogP contribution in [-0.4, -0.2) is 52.1 Å². The number of nitrogens with zero attached hydrogens (tertiary/aromatic N) is 1. The highest BCUT2D eigenvalue weighted by Crippen LogP contribution is 2.21. The monoisotopic (exact) mass is 389 g/mol. The average Bonchev–Trinajstić information content (AvgIpc) is 2.63. The minimum absolute atomic E-state index is 0.0386. The number of halogens is 3. The third-order valence-corrected chi connectivity index (χ3v) is 3.88. The topological polar surface area (TPSA) is 54.9 Å². The molecule has 8 heteroatoms. The maximum Gasteiger partial charge on any atom is 0.411 e. The molecular weight excluding hydrogens is 359 g/mol. The van der Waals surface area contributed by atoms with E-state index in [1.165, 1.54) is 5.56 Å². The van der Waals surface area contributed by atoms with Crippen LogP contribution in [0.4, 0.5) is 13.2 Å². The molecule has 0 fully saturated rings. The molecule has 1 unspecified atom stereocenters. The maximum absolute atomic E-state index is 12.0. The molecule has 1 atom stereocenters. The number of hydrogen-bond donors (Lipinski definition) is 2. The predicted molar refractivity (Wildman–Crippen MR) is 101 cm³/mol. The van der Waals surface area contributed by atoms with Crippen molar-refractivity contribution in [2.24, 2.45) is 4.99 Å². The normalized spacial score (nSPS) is 13.3. The molecule has 0 amide bonds. The summed E-state index contributed by atoms with van der Waals surface area (Å²) in [6.45, 7) is 4.81. The number of aliphatic imine (C=N–C) groups is 1. The number of alkyl halides is 3. The molecule has 0 saturated heterocycles. The van der Waals surface area contributed by atoms with Crippen molar-refractivity contribution in [1.29, 1.82) is 0 Å². The Kier molecular flexibility index (Phi) is 10.6. The van der Waals surface area contributed by atoms with Crippen molar-refractivity contribution < 1.29 is 22.6 Å². The Bertz CT molecular complexity index is 548. The lowest BCUT2D eigenvalue weighted by Gasteiger charge is -2.15. The van der Waals surface area contributed by atoms with Crippen LogP contribution in [0.3, 0.4) is 0 Å². The van der Waals surface area contributed by atoms with E-state index in [1.807, 2.05) is 19.1 Å². The maximum atomic E-state index is 12.0. The van der Waals surface area contributed by atoms with E-state index in [2.05, 4.69) is 39.4 Å². The first kappa shape index (κ1) is 23.1. The fourth-order valence-corrected chi connectivity index (χ4v) is 2.39.